The molecule has 1 aromatic carbocycles. The number of hydrogen-bond donors (Lipinski definition) is 0. The fraction of sp³-hybridized carbons (Fsp3) is 0.700. The zero-order chi connectivity index (χ0) is 15.6. The monoisotopic (exact) mass is 304 g/mol. The first-order valence-electron chi connectivity index (χ1n) is 8.76. The molecule has 1 heteroatoms. The number of aryl methyl sites for hydroxylation is 1. The average molecular weight is 305 g/mol. The molecule has 21 heavy (non-hydrogen) atoms. The fourth-order valence-electron chi connectivity index (χ4n) is 3.62. The van der Waals surface area contributed by atoms with Gasteiger partial charge >= 0.3 is 0 Å². The van der Waals surface area contributed by atoms with Crippen molar-refractivity contribution in [2.45, 2.75) is 95.1 Å². The predicted molar refractivity (Wildman–Crippen MR) is 96.7 cm³/mol. The average Bonchev–Trinajstić information content (AvgIpc) is 2.97. The molecule has 0 nitrogen and oxygen atoms in total. The first-order chi connectivity index (χ1) is 9.93. The molecule has 2 aliphatic rings. The molecule has 0 aromatic heterocycles. The fourth-order valence-corrected chi connectivity index (χ4v) is 5.56. The Morgan fingerprint density at radius 1 is 1.10 bits per heavy atom. The van der Waals surface area contributed by atoms with Crippen LogP contribution in [0.3, 0.4) is 0 Å². The topological polar surface area (TPSA) is 0 Å². The second-order valence-electron chi connectivity index (χ2n) is 7.52. The molecule has 0 radical (unpaired) electrons. The summed E-state index contributed by atoms with van der Waals surface area (Å²) in [5.74, 6) is 0.863. The van der Waals surface area contributed by atoms with Gasteiger partial charge in [0.25, 0.3) is 0 Å². The van der Waals surface area contributed by atoms with Crippen LogP contribution < -0.4 is 0 Å². The lowest BCUT2D eigenvalue weighted by atomic mass is 9.82. The smallest absolute Gasteiger partial charge is 0.0164 e. The summed E-state index contributed by atoms with van der Waals surface area (Å²) in [7, 11) is 0. The van der Waals surface area contributed by atoms with Crippen molar-refractivity contribution in [1.29, 1.82) is 0 Å². The second-order valence-corrected chi connectivity index (χ2v) is 8.77. The second kappa shape index (κ2) is 6.77. The molecule has 1 aliphatic carbocycles. The van der Waals surface area contributed by atoms with Crippen LogP contribution in [0.2, 0.25) is 0 Å². The third-order valence-electron chi connectivity index (χ3n) is 4.57. The van der Waals surface area contributed by atoms with E-state index >= 15 is 0 Å². The standard InChI is InChI=1S/C17H24S.C3H8/c1-5-11-9-10-13(17(2,3)4)16-15(11)12-7-6-8-14(12)18-16;1-3-2/h9-10,12,14H,5-8H2,1-4H3;3H2,1-2H3. The Hall–Kier alpha value is -0.430. The van der Waals surface area contributed by atoms with Gasteiger partial charge in [0.05, 0.1) is 0 Å². The zero-order valence-corrected chi connectivity index (χ0v) is 15.6. The van der Waals surface area contributed by atoms with E-state index in [1.54, 1.807) is 21.6 Å². The maximum absolute atomic E-state index is 2.40. The minimum Gasteiger partial charge on any atom is -0.121 e. The van der Waals surface area contributed by atoms with Crippen molar-refractivity contribution in [1.82, 2.24) is 0 Å². The largest absolute Gasteiger partial charge is 0.121 e. The highest BCUT2D eigenvalue weighted by Crippen LogP contribution is 2.56. The van der Waals surface area contributed by atoms with Crippen LogP contribution in [0.4, 0.5) is 0 Å². The predicted octanol–water partition coefficient (Wildman–Crippen LogP) is 6.70. The maximum atomic E-state index is 2.40. The van der Waals surface area contributed by atoms with Gasteiger partial charge in [0.15, 0.2) is 0 Å². The van der Waals surface area contributed by atoms with Crippen molar-refractivity contribution in [2.24, 2.45) is 0 Å². The van der Waals surface area contributed by atoms with Gasteiger partial charge in [0.1, 0.15) is 0 Å². The summed E-state index contributed by atoms with van der Waals surface area (Å²) in [5, 5.41) is 0.883. The van der Waals surface area contributed by atoms with E-state index in [0.717, 1.165) is 11.2 Å². The molecular weight excluding hydrogens is 272 g/mol. The van der Waals surface area contributed by atoms with E-state index in [9.17, 15) is 0 Å². The molecule has 0 bridgehead atoms. The molecule has 0 saturated heterocycles. The van der Waals surface area contributed by atoms with E-state index in [0.29, 0.717) is 0 Å². The molecule has 1 heterocycles. The van der Waals surface area contributed by atoms with Gasteiger partial charge in [0, 0.05) is 10.1 Å². The molecule has 1 saturated carbocycles. The van der Waals surface area contributed by atoms with E-state index in [-0.39, 0.29) is 5.41 Å². The van der Waals surface area contributed by atoms with Gasteiger partial charge in [-0.3, -0.25) is 0 Å². The van der Waals surface area contributed by atoms with Gasteiger partial charge in [-0.25, -0.2) is 0 Å². The van der Waals surface area contributed by atoms with Crippen molar-refractivity contribution in [3.8, 4) is 0 Å². The Morgan fingerprint density at radius 2 is 1.76 bits per heavy atom. The molecule has 1 aromatic rings. The van der Waals surface area contributed by atoms with Gasteiger partial charge in [-0.15, -0.1) is 11.8 Å². The van der Waals surface area contributed by atoms with Crippen LogP contribution in [0.15, 0.2) is 17.0 Å². The summed E-state index contributed by atoms with van der Waals surface area (Å²) >= 11 is 2.19. The molecular formula is C20H32S. The van der Waals surface area contributed by atoms with Crippen LogP contribution in [0.5, 0.6) is 0 Å². The van der Waals surface area contributed by atoms with Crippen molar-refractivity contribution in [3.05, 3.63) is 28.8 Å². The lowest BCUT2D eigenvalue weighted by Crippen LogP contribution is -2.13. The maximum Gasteiger partial charge on any atom is 0.0164 e. The third kappa shape index (κ3) is 3.33. The van der Waals surface area contributed by atoms with Crippen molar-refractivity contribution in [3.63, 3.8) is 0 Å². The first-order valence-corrected chi connectivity index (χ1v) is 9.64. The number of thioether (sulfide) groups is 1. The molecule has 0 amide bonds. The molecule has 2 atom stereocenters. The van der Waals surface area contributed by atoms with Crippen LogP contribution in [0.1, 0.15) is 89.8 Å². The van der Waals surface area contributed by atoms with E-state index in [1.165, 1.54) is 32.1 Å². The Balaban J connectivity index is 0.000000497. The van der Waals surface area contributed by atoms with Crippen molar-refractivity contribution in [2.75, 3.05) is 0 Å². The molecule has 0 N–H and O–H groups in total. The number of rotatable bonds is 1. The Morgan fingerprint density at radius 3 is 2.33 bits per heavy atom. The summed E-state index contributed by atoms with van der Waals surface area (Å²) in [4.78, 5) is 1.65. The first kappa shape index (κ1) is 16.9. The van der Waals surface area contributed by atoms with Crippen molar-refractivity contribution >= 4 is 11.8 Å². The van der Waals surface area contributed by atoms with E-state index < -0.39 is 0 Å². The Bertz CT molecular complexity index is 481. The Labute approximate surface area is 136 Å². The SMILES string of the molecule is CCC.CCc1ccc(C(C)(C)C)c2c1C1CCCC1S2. The van der Waals surface area contributed by atoms with Crippen LogP contribution in [0.25, 0.3) is 0 Å². The lowest BCUT2D eigenvalue weighted by Gasteiger charge is -2.24. The van der Waals surface area contributed by atoms with Gasteiger partial charge in [-0.05, 0) is 47.3 Å². The molecule has 1 aliphatic heterocycles. The Kier molecular flexibility index (Phi) is 5.46. The molecule has 118 valence electrons. The quantitative estimate of drug-likeness (QED) is 0.556. The number of hydrogen-bond acceptors (Lipinski definition) is 1. The summed E-state index contributed by atoms with van der Waals surface area (Å²) in [5.41, 5.74) is 5.20. The molecule has 2 unspecified atom stereocenters. The van der Waals surface area contributed by atoms with Gasteiger partial charge in [-0.2, -0.15) is 0 Å². The van der Waals surface area contributed by atoms with Crippen LogP contribution >= 0.6 is 11.8 Å². The minimum absolute atomic E-state index is 0.280. The highest BCUT2D eigenvalue weighted by Gasteiger charge is 2.40. The summed E-state index contributed by atoms with van der Waals surface area (Å²) < 4.78 is 0. The van der Waals surface area contributed by atoms with Crippen LogP contribution in [0, 0.1) is 0 Å². The van der Waals surface area contributed by atoms with Crippen molar-refractivity contribution < 1.29 is 0 Å². The minimum atomic E-state index is 0.280. The van der Waals surface area contributed by atoms with Gasteiger partial charge < -0.3 is 0 Å². The highest BCUT2D eigenvalue weighted by molar-refractivity contribution is 8.00. The summed E-state index contributed by atoms with van der Waals surface area (Å²) in [6.07, 6.45) is 6.73. The van der Waals surface area contributed by atoms with Crippen LogP contribution in [-0.2, 0) is 11.8 Å². The van der Waals surface area contributed by atoms with Gasteiger partial charge in [-0.1, -0.05) is 66.5 Å². The molecule has 0 spiro atoms. The van der Waals surface area contributed by atoms with Crippen LogP contribution in [-0.4, -0.2) is 5.25 Å². The normalized spacial score (nSPS) is 23.3. The highest BCUT2D eigenvalue weighted by atomic mass is 32.2. The lowest BCUT2D eigenvalue weighted by molar-refractivity contribution is 0.574. The molecule has 1 fully saturated rings. The van der Waals surface area contributed by atoms with Gasteiger partial charge in [0.2, 0.25) is 0 Å². The van der Waals surface area contributed by atoms with E-state index in [1.807, 2.05) is 0 Å². The number of fused-ring (bicyclic) bond motifs is 3. The van der Waals surface area contributed by atoms with E-state index in [2.05, 4.69) is 65.4 Å². The third-order valence-corrected chi connectivity index (χ3v) is 6.11. The summed E-state index contributed by atoms with van der Waals surface area (Å²) in [6, 6.07) is 4.80. The van der Waals surface area contributed by atoms with E-state index in [4.69, 9.17) is 0 Å². The summed E-state index contributed by atoms with van der Waals surface area (Å²) in [6.45, 7) is 13.6. The molecule has 3 rings (SSSR count). The zero-order valence-electron chi connectivity index (χ0n) is 14.8. The number of benzene rings is 1.